The monoisotopic (exact) mass is 620 g/mol. The minimum atomic E-state index is -4.84. The molecule has 4 aromatic rings. The summed E-state index contributed by atoms with van der Waals surface area (Å²) < 4.78 is 69.3. The van der Waals surface area contributed by atoms with Crippen LogP contribution in [0.3, 0.4) is 0 Å². The fourth-order valence-electron chi connectivity index (χ4n) is 5.17. The van der Waals surface area contributed by atoms with Crippen molar-refractivity contribution in [2.75, 3.05) is 13.2 Å². The summed E-state index contributed by atoms with van der Waals surface area (Å²) in [5, 5.41) is 2.40. The Morgan fingerprint density at radius 2 is 1.78 bits per heavy atom. The molecule has 3 N–H and O–H groups in total. The van der Waals surface area contributed by atoms with Crippen LogP contribution in [0.15, 0.2) is 73.1 Å². The highest BCUT2D eigenvalue weighted by Crippen LogP contribution is 2.46. The third kappa shape index (κ3) is 6.04. The zero-order valence-corrected chi connectivity index (χ0v) is 24.0. The van der Waals surface area contributed by atoms with Crippen molar-refractivity contribution in [2.45, 2.75) is 43.4 Å². The molecule has 1 aliphatic carbocycles. The number of aromatic nitrogens is 2. The van der Waals surface area contributed by atoms with Gasteiger partial charge < -0.3 is 20.5 Å². The number of carbonyl (C=O) groups excluding carboxylic acids is 2. The van der Waals surface area contributed by atoms with Gasteiger partial charge in [-0.1, -0.05) is 0 Å². The third-order valence-electron chi connectivity index (χ3n) is 8.03. The van der Waals surface area contributed by atoms with E-state index in [-0.39, 0.29) is 40.8 Å². The smallest absolute Gasteiger partial charge is 0.398 e. The van der Waals surface area contributed by atoms with E-state index >= 15 is 0 Å². The van der Waals surface area contributed by atoms with E-state index in [2.05, 4.69) is 15.3 Å². The number of ether oxygens (including phenoxy) is 2. The maximum absolute atomic E-state index is 14.6. The van der Waals surface area contributed by atoms with Crippen molar-refractivity contribution < 1.29 is 36.6 Å². The number of rotatable bonds is 9. The van der Waals surface area contributed by atoms with Crippen LogP contribution < -0.4 is 20.5 Å². The minimum Gasteiger partial charge on any atom is -0.490 e. The maximum Gasteiger partial charge on any atom is 0.398 e. The van der Waals surface area contributed by atoms with E-state index in [0.29, 0.717) is 5.75 Å². The van der Waals surface area contributed by atoms with Gasteiger partial charge in [-0.2, -0.15) is 13.2 Å². The van der Waals surface area contributed by atoms with E-state index in [0.717, 1.165) is 42.2 Å². The van der Waals surface area contributed by atoms with E-state index in [1.54, 1.807) is 30.6 Å². The second-order valence-corrected chi connectivity index (χ2v) is 11.3. The van der Waals surface area contributed by atoms with Gasteiger partial charge in [-0.15, -0.1) is 0 Å². The molecule has 1 fully saturated rings. The van der Waals surface area contributed by atoms with Gasteiger partial charge >= 0.3 is 6.18 Å². The van der Waals surface area contributed by atoms with Crippen molar-refractivity contribution in [3.63, 3.8) is 0 Å². The molecule has 6 rings (SSSR count). The summed E-state index contributed by atoms with van der Waals surface area (Å²) in [6.07, 6.45) is 0.152. The predicted octanol–water partition coefficient (Wildman–Crippen LogP) is 5.70. The van der Waals surface area contributed by atoms with Crippen molar-refractivity contribution in [2.24, 2.45) is 5.73 Å². The average Bonchev–Trinajstić information content (AvgIpc) is 3.77. The van der Waals surface area contributed by atoms with Crippen LogP contribution in [-0.4, -0.2) is 47.2 Å². The number of fused-ring (bicyclic) bond motifs is 1. The number of nitrogens with zero attached hydrogens (tertiary/aromatic N) is 2. The van der Waals surface area contributed by atoms with Gasteiger partial charge in [0.2, 0.25) is 5.91 Å². The molecule has 2 aromatic heterocycles. The van der Waals surface area contributed by atoms with Crippen LogP contribution in [0.1, 0.15) is 47.3 Å². The Kier molecular flexibility index (Phi) is 7.67. The summed E-state index contributed by atoms with van der Waals surface area (Å²) in [5.41, 5.74) is 5.83. The third-order valence-corrected chi connectivity index (χ3v) is 8.03. The molecular formula is C33H28F4N4O4. The Morgan fingerprint density at radius 1 is 1.07 bits per heavy atom. The van der Waals surface area contributed by atoms with Gasteiger partial charge in [0.15, 0.2) is 0 Å². The standard InChI is InChI=1S/C33H28F4N4O4/c1-32(31(38)43)17-44-29-24(32)15-26(41-28(29)19-2-5-21(34)6-3-19)25(33(35,36)37)16-40-30(42)20-4-9-23(18-10-12-39-13-11-18)27(14-20)45-22-7-8-22/h2-6,9-15,22,25H,7-8,16-17H2,1H3,(H2,38,43)(H,40,42)/t25?,32-/m0/s1. The van der Waals surface area contributed by atoms with E-state index in [1.165, 1.54) is 31.2 Å². The number of carbonyl (C=O) groups is 2. The van der Waals surface area contributed by atoms with Gasteiger partial charge in [-0.05, 0) is 86.0 Å². The summed E-state index contributed by atoms with van der Waals surface area (Å²) >= 11 is 0. The lowest BCUT2D eigenvalue weighted by molar-refractivity contribution is -0.149. The lowest BCUT2D eigenvalue weighted by atomic mass is 9.82. The van der Waals surface area contributed by atoms with E-state index in [9.17, 15) is 27.2 Å². The summed E-state index contributed by atoms with van der Waals surface area (Å²) in [6, 6.07) is 14.4. The van der Waals surface area contributed by atoms with Gasteiger partial charge in [0.25, 0.3) is 5.91 Å². The average molecular weight is 621 g/mol. The topological polar surface area (TPSA) is 116 Å². The van der Waals surface area contributed by atoms with Gasteiger partial charge in [0.1, 0.15) is 40.9 Å². The second kappa shape index (κ2) is 11.5. The van der Waals surface area contributed by atoms with Gasteiger partial charge in [0.05, 0.1) is 11.8 Å². The largest absolute Gasteiger partial charge is 0.490 e. The molecule has 45 heavy (non-hydrogen) atoms. The number of benzene rings is 2. The highest BCUT2D eigenvalue weighted by atomic mass is 19.4. The Morgan fingerprint density at radius 3 is 2.42 bits per heavy atom. The number of alkyl halides is 3. The molecule has 8 nitrogen and oxygen atoms in total. The molecular weight excluding hydrogens is 592 g/mol. The first-order valence-corrected chi connectivity index (χ1v) is 14.2. The molecule has 2 amide bonds. The van der Waals surface area contributed by atoms with Crippen LogP contribution in [0.4, 0.5) is 17.6 Å². The van der Waals surface area contributed by atoms with Crippen molar-refractivity contribution >= 4 is 11.8 Å². The van der Waals surface area contributed by atoms with E-state index in [1.807, 2.05) is 0 Å². The number of halogens is 4. The molecule has 12 heteroatoms. The van der Waals surface area contributed by atoms with E-state index < -0.39 is 47.4 Å². The first-order chi connectivity index (χ1) is 21.4. The summed E-state index contributed by atoms with van der Waals surface area (Å²) in [5.74, 6) is -3.81. The molecule has 0 spiro atoms. The molecule has 1 saturated carbocycles. The number of nitrogens with one attached hydrogen (secondary N) is 1. The number of pyridine rings is 2. The first kappa shape index (κ1) is 30.0. The molecule has 0 radical (unpaired) electrons. The van der Waals surface area contributed by atoms with Gasteiger partial charge in [-0.25, -0.2) is 9.37 Å². The number of nitrogens with two attached hydrogens (primary N) is 1. The molecule has 0 bridgehead atoms. The molecule has 2 aliphatic rings. The Labute approximate surface area is 255 Å². The van der Waals surface area contributed by atoms with Gasteiger partial charge in [-0.3, -0.25) is 14.6 Å². The van der Waals surface area contributed by atoms with Crippen LogP contribution >= 0.6 is 0 Å². The maximum atomic E-state index is 14.6. The lowest BCUT2D eigenvalue weighted by Crippen LogP contribution is -2.40. The first-order valence-electron chi connectivity index (χ1n) is 14.2. The Bertz CT molecular complexity index is 1760. The van der Waals surface area contributed by atoms with Crippen molar-refractivity contribution in [3.05, 3.63) is 95.7 Å². The van der Waals surface area contributed by atoms with Crippen LogP contribution in [0.5, 0.6) is 11.5 Å². The number of hydrogen-bond donors (Lipinski definition) is 2. The summed E-state index contributed by atoms with van der Waals surface area (Å²) in [4.78, 5) is 34.0. The van der Waals surface area contributed by atoms with Crippen LogP contribution in [0.25, 0.3) is 22.4 Å². The molecule has 2 aromatic carbocycles. The van der Waals surface area contributed by atoms with Crippen molar-refractivity contribution in [3.8, 4) is 33.9 Å². The molecule has 232 valence electrons. The van der Waals surface area contributed by atoms with Crippen LogP contribution in [0, 0.1) is 5.82 Å². The number of hydrogen-bond acceptors (Lipinski definition) is 6. The van der Waals surface area contributed by atoms with Crippen LogP contribution in [0.2, 0.25) is 0 Å². The van der Waals surface area contributed by atoms with E-state index in [4.69, 9.17) is 15.2 Å². The summed E-state index contributed by atoms with van der Waals surface area (Å²) in [6.45, 7) is 0.419. The highest BCUT2D eigenvalue weighted by molar-refractivity contribution is 5.95. The molecule has 1 aliphatic heterocycles. The normalized spacial score (nSPS) is 18.1. The zero-order valence-electron chi connectivity index (χ0n) is 24.0. The fourth-order valence-corrected chi connectivity index (χ4v) is 5.17. The van der Waals surface area contributed by atoms with Crippen molar-refractivity contribution in [1.29, 1.82) is 0 Å². The lowest BCUT2D eigenvalue weighted by Gasteiger charge is -2.24. The Balaban J connectivity index is 1.33. The SMILES string of the molecule is C[C@]1(C(N)=O)COc2c1cc(C(CNC(=O)c1ccc(-c3ccncc3)c(OC3CC3)c1)C(F)(F)F)nc2-c1ccc(F)cc1. The second-order valence-electron chi connectivity index (χ2n) is 11.3. The fraction of sp³-hybridized carbons (Fsp3) is 0.273. The minimum absolute atomic E-state index is 0.00150. The molecule has 2 atom stereocenters. The molecule has 3 heterocycles. The summed E-state index contributed by atoms with van der Waals surface area (Å²) in [7, 11) is 0. The zero-order chi connectivity index (χ0) is 31.9. The number of amides is 2. The molecule has 1 unspecified atom stereocenters. The molecule has 0 saturated heterocycles. The number of primary amides is 1. The quantitative estimate of drug-likeness (QED) is 0.232. The highest BCUT2D eigenvalue weighted by Gasteiger charge is 2.47. The van der Waals surface area contributed by atoms with Gasteiger partial charge in [0, 0.05) is 41.2 Å². The predicted molar refractivity (Wildman–Crippen MR) is 156 cm³/mol. The Hall–Kier alpha value is -5.00. The van der Waals surface area contributed by atoms with Crippen LogP contribution in [-0.2, 0) is 10.2 Å². The van der Waals surface area contributed by atoms with Crippen molar-refractivity contribution in [1.82, 2.24) is 15.3 Å².